The minimum Gasteiger partial charge on any atom is -0.439 e. The minimum atomic E-state index is -4.03. The van der Waals surface area contributed by atoms with Gasteiger partial charge in [0.05, 0.1) is 12.7 Å². The van der Waals surface area contributed by atoms with Crippen molar-refractivity contribution in [3.05, 3.63) is 71.2 Å². The first-order chi connectivity index (χ1) is 14.3. The molecule has 0 amide bonds. The SMILES string of the molecule is O=S(=O)(c1ccc(F)cc1F)N1CCN(Cc2ncc(-c3cccc(Cl)c3)o2)CC1. The summed E-state index contributed by atoms with van der Waals surface area (Å²) in [6.07, 6.45) is 1.62. The van der Waals surface area contributed by atoms with E-state index in [1.165, 1.54) is 4.31 Å². The van der Waals surface area contributed by atoms with Crippen LogP contribution in [0.2, 0.25) is 5.02 Å². The van der Waals surface area contributed by atoms with E-state index in [1.54, 1.807) is 18.3 Å². The molecule has 0 spiro atoms. The summed E-state index contributed by atoms with van der Waals surface area (Å²) < 4.78 is 59.4. The summed E-state index contributed by atoms with van der Waals surface area (Å²) >= 11 is 6.00. The average Bonchev–Trinajstić information content (AvgIpc) is 3.17. The number of oxazole rings is 1. The largest absolute Gasteiger partial charge is 0.439 e. The van der Waals surface area contributed by atoms with Crippen molar-refractivity contribution in [2.75, 3.05) is 26.2 Å². The number of nitrogens with zero attached hydrogens (tertiary/aromatic N) is 3. The van der Waals surface area contributed by atoms with Gasteiger partial charge in [-0.3, -0.25) is 4.90 Å². The molecule has 0 atom stereocenters. The Kier molecular flexibility index (Phi) is 5.88. The maximum atomic E-state index is 13.9. The van der Waals surface area contributed by atoms with E-state index >= 15 is 0 Å². The van der Waals surface area contributed by atoms with Crippen molar-refractivity contribution in [1.29, 1.82) is 0 Å². The molecule has 1 saturated heterocycles. The molecule has 30 heavy (non-hydrogen) atoms. The molecule has 2 aromatic carbocycles. The Hall–Kier alpha value is -2.33. The van der Waals surface area contributed by atoms with Gasteiger partial charge < -0.3 is 4.42 Å². The summed E-state index contributed by atoms with van der Waals surface area (Å²) in [5.41, 5.74) is 0.818. The van der Waals surface area contributed by atoms with Crippen LogP contribution in [0.1, 0.15) is 5.89 Å². The van der Waals surface area contributed by atoms with Gasteiger partial charge in [-0.05, 0) is 24.3 Å². The molecule has 158 valence electrons. The Morgan fingerprint density at radius 2 is 1.83 bits per heavy atom. The summed E-state index contributed by atoms with van der Waals surface area (Å²) in [4.78, 5) is 5.77. The molecule has 1 fully saturated rings. The zero-order valence-electron chi connectivity index (χ0n) is 15.8. The molecular weight excluding hydrogens is 436 g/mol. The fraction of sp³-hybridized carbons (Fsp3) is 0.250. The van der Waals surface area contributed by atoms with Crippen molar-refractivity contribution >= 4 is 21.6 Å². The average molecular weight is 454 g/mol. The van der Waals surface area contributed by atoms with E-state index in [1.807, 2.05) is 17.0 Å². The summed E-state index contributed by atoms with van der Waals surface area (Å²) in [5.74, 6) is -0.809. The van der Waals surface area contributed by atoms with E-state index in [0.717, 1.165) is 17.7 Å². The van der Waals surface area contributed by atoms with Crippen molar-refractivity contribution in [1.82, 2.24) is 14.2 Å². The zero-order chi connectivity index (χ0) is 21.3. The van der Waals surface area contributed by atoms with Crippen molar-refractivity contribution in [2.45, 2.75) is 11.4 Å². The summed E-state index contributed by atoms with van der Waals surface area (Å²) in [7, 11) is -4.03. The predicted molar refractivity (Wildman–Crippen MR) is 107 cm³/mol. The van der Waals surface area contributed by atoms with Crippen molar-refractivity contribution in [3.8, 4) is 11.3 Å². The van der Waals surface area contributed by atoms with Gasteiger partial charge in [-0.15, -0.1) is 0 Å². The highest BCUT2D eigenvalue weighted by Gasteiger charge is 2.31. The Balaban J connectivity index is 1.39. The Morgan fingerprint density at radius 1 is 1.07 bits per heavy atom. The van der Waals surface area contributed by atoms with Gasteiger partial charge >= 0.3 is 0 Å². The molecule has 0 saturated carbocycles. The third-order valence-electron chi connectivity index (χ3n) is 4.86. The van der Waals surface area contributed by atoms with Gasteiger partial charge in [-0.1, -0.05) is 23.7 Å². The lowest BCUT2D eigenvalue weighted by molar-refractivity contribution is 0.168. The standard InChI is InChI=1S/C20H18ClF2N3O3S/c21-15-3-1-2-14(10-15)18-12-24-20(29-18)13-25-6-8-26(9-7-25)30(27,28)19-5-4-16(22)11-17(19)23/h1-5,10-12H,6-9,13H2. The summed E-state index contributed by atoms with van der Waals surface area (Å²) in [6.45, 7) is 1.63. The van der Waals surface area contributed by atoms with Crippen LogP contribution in [-0.2, 0) is 16.6 Å². The predicted octanol–water partition coefficient (Wildman–Crippen LogP) is 3.78. The van der Waals surface area contributed by atoms with Crippen LogP contribution in [0.5, 0.6) is 0 Å². The highest BCUT2D eigenvalue weighted by molar-refractivity contribution is 7.89. The number of benzene rings is 2. The number of hydrogen-bond donors (Lipinski definition) is 0. The molecule has 0 unspecified atom stereocenters. The van der Waals surface area contributed by atoms with E-state index in [-0.39, 0.29) is 13.1 Å². The summed E-state index contributed by atoms with van der Waals surface area (Å²) in [5, 5.41) is 0.598. The second-order valence-corrected chi connectivity index (χ2v) is 9.23. The van der Waals surface area contributed by atoms with Crippen molar-refractivity contribution < 1.29 is 21.6 Å². The second kappa shape index (κ2) is 8.43. The first-order valence-corrected chi connectivity index (χ1v) is 11.0. The number of aromatic nitrogens is 1. The molecule has 0 radical (unpaired) electrons. The zero-order valence-corrected chi connectivity index (χ0v) is 17.3. The monoisotopic (exact) mass is 453 g/mol. The molecule has 1 aliphatic heterocycles. The fourth-order valence-electron chi connectivity index (χ4n) is 3.30. The molecule has 10 heteroatoms. The molecule has 1 aliphatic rings. The third-order valence-corrected chi connectivity index (χ3v) is 7.03. The second-order valence-electron chi connectivity index (χ2n) is 6.88. The maximum absolute atomic E-state index is 13.9. The smallest absolute Gasteiger partial charge is 0.246 e. The molecule has 2 heterocycles. The molecule has 0 aliphatic carbocycles. The Labute approximate surface area is 177 Å². The van der Waals surface area contributed by atoms with Crippen LogP contribution in [0.25, 0.3) is 11.3 Å². The number of rotatable bonds is 5. The number of piperazine rings is 1. The molecule has 1 aromatic heterocycles. The Bertz CT molecular complexity index is 1160. The molecule has 3 aromatic rings. The van der Waals surface area contributed by atoms with Crippen LogP contribution in [-0.4, -0.2) is 48.8 Å². The summed E-state index contributed by atoms with van der Waals surface area (Å²) in [6, 6.07) is 9.71. The lowest BCUT2D eigenvalue weighted by atomic mass is 10.2. The molecule has 0 bridgehead atoms. The first-order valence-electron chi connectivity index (χ1n) is 9.21. The number of hydrogen-bond acceptors (Lipinski definition) is 5. The topological polar surface area (TPSA) is 66.7 Å². The molecular formula is C20H18ClF2N3O3S. The fourth-order valence-corrected chi connectivity index (χ4v) is 4.96. The van der Waals surface area contributed by atoms with Gasteiger partial charge in [-0.2, -0.15) is 4.31 Å². The van der Waals surface area contributed by atoms with Gasteiger partial charge in [0.1, 0.15) is 16.5 Å². The van der Waals surface area contributed by atoms with Gasteiger partial charge in [0.15, 0.2) is 5.76 Å². The molecule has 0 N–H and O–H groups in total. The lowest BCUT2D eigenvalue weighted by Gasteiger charge is -2.33. The van der Waals surface area contributed by atoms with Gasteiger partial charge in [0.2, 0.25) is 15.9 Å². The van der Waals surface area contributed by atoms with Gasteiger partial charge in [0, 0.05) is 42.8 Å². The van der Waals surface area contributed by atoms with Crippen molar-refractivity contribution in [2.24, 2.45) is 0 Å². The lowest BCUT2D eigenvalue weighted by Crippen LogP contribution is -2.48. The van der Waals surface area contributed by atoms with Crippen LogP contribution in [0.3, 0.4) is 0 Å². The van der Waals surface area contributed by atoms with Crippen LogP contribution in [0.4, 0.5) is 8.78 Å². The number of sulfonamides is 1. The minimum absolute atomic E-state index is 0.182. The van der Waals surface area contributed by atoms with Crippen LogP contribution >= 0.6 is 11.6 Å². The maximum Gasteiger partial charge on any atom is 0.246 e. The van der Waals surface area contributed by atoms with E-state index < -0.39 is 26.6 Å². The Morgan fingerprint density at radius 3 is 2.53 bits per heavy atom. The van der Waals surface area contributed by atoms with Crippen LogP contribution in [0.15, 0.2) is 58.0 Å². The van der Waals surface area contributed by atoms with Gasteiger partial charge in [-0.25, -0.2) is 22.2 Å². The highest BCUT2D eigenvalue weighted by atomic mass is 35.5. The van der Waals surface area contributed by atoms with Gasteiger partial charge in [0.25, 0.3) is 0 Å². The van der Waals surface area contributed by atoms with E-state index in [2.05, 4.69) is 4.98 Å². The molecule has 4 rings (SSSR count). The highest BCUT2D eigenvalue weighted by Crippen LogP contribution is 2.25. The number of halogens is 3. The van der Waals surface area contributed by atoms with E-state index in [4.69, 9.17) is 16.0 Å². The van der Waals surface area contributed by atoms with E-state index in [0.29, 0.717) is 42.4 Å². The van der Waals surface area contributed by atoms with E-state index in [9.17, 15) is 17.2 Å². The first kappa shape index (κ1) is 20.9. The third kappa shape index (κ3) is 4.39. The molecule has 6 nitrogen and oxygen atoms in total. The quantitative estimate of drug-likeness (QED) is 0.588. The van der Waals surface area contributed by atoms with Crippen molar-refractivity contribution in [3.63, 3.8) is 0 Å². The normalized spacial score (nSPS) is 16.1. The van der Waals surface area contributed by atoms with Crippen LogP contribution in [0, 0.1) is 11.6 Å². The van der Waals surface area contributed by atoms with Crippen LogP contribution < -0.4 is 0 Å².